The van der Waals surface area contributed by atoms with E-state index in [4.69, 9.17) is 4.98 Å². The molecule has 1 atom stereocenters. The molecule has 4 aromatic rings. The number of pyridine rings is 1. The number of fused-ring (bicyclic) bond motifs is 1. The Labute approximate surface area is 204 Å². The standard InChI is InChI=1S/C28H29N5O2/c1-19-12-13-23(20(2)16-19)31-27(34)22-10-7-15-32(18-22)26-28(35)33(17-21-8-4-3-5-9-21)25-24(30-26)11-6-14-29-25/h3-6,8-9,11-14,16,22H,7,10,15,17-18H2,1-2H3,(H,31,34)/t22-/m0/s1. The number of nitrogens with one attached hydrogen (secondary N) is 1. The molecule has 5 rings (SSSR count). The minimum absolute atomic E-state index is 0.0197. The van der Waals surface area contributed by atoms with Crippen molar-refractivity contribution in [3.05, 3.63) is 93.9 Å². The van der Waals surface area contributed by atoms with Crippen LogP contribution in [0.25, 0.3) is 11.2 Å². The van der Waals surface area contributed by atoms with Crippen LogP contribution in [0.4, 0.5) is 11.5 Å². The number of hydrogen-bond acceptors (Lipinski definition) is 5. The first kappa shape index (κ1) is 22.8. The Morgan fingerprint density at radius 1 is 1.09 bits per heavy atom. The Morgan fingerprint density at radius 2 is 1.91 bits per heavy atom. The second kappa shape index (κ2) is 9.70. The molecule has 0 radical (unpaired) electrons. The molecule has 2 aromatic heterocycles. The second-order valence-corrected chi connectivity index (χ2v) is 9.25. The lowest BCUT2D eigenvalue weighted by Gasteiger charge is -2.32. The lowest BCUT2D eigenvalue weighted by Crippen LogP contribution is -2.44. The van der Waals surface area contributed by atoms with E-state index >= 15 is 0 Å². The van der Waals surface area contributed by atoms with E-state index in [2.05, 4.69) is 16.4 Å². The number of aromatic nitrogens is 3. The van der Waals surface area contributed by atoms with Crippen LogP contribution in [-0.2, 0) is 11.3 Å². The predicted molar refractivity (Wildman–Crippen MR) is 139 cm³/mol. The van der Waals surface area contributed by atoms with Gasteiger partial charge in [-0.2, -0.15) is 0 Å². The van der Waals surface area contributed by atoms with Gasteiger partial charge < -0.3 is 10.2 Å². The summed E-state index contributed by atoms with van der Waals surface area (Å²) in [5.41, 5.74) is 5.09. The van der Waals surface area contributed by atoms with E-state index in [1.807, 2.05) is 73.3 Å². The molecule has 0 unspecified atom stereocenters. The average molecular weight is 468 g/mol. The predicted octanol–water partition coefficient (Wildman–Crippen LogP) is 4.31. The van der Waals surface area contributed by atoms with Gasteiger partial charge in [0.2, 0.25) is 5.91 Å². The highest BCUT2D eigenvalue weighted by molar-refractivity contribution is 5.93. The van der Waals surface area contributed by atoms with E-state index < -0.39 is 0 Å². The highest BCUT2D eigenvalue weighted by Gasteiger charge is 2.29. The number of rotatable bonds is 5. The molecule has 0 aliphatic carbocycles. The molecule has 1 aliphatic rings. The van der Waals surface area contributed by atoms with Crippen LogP contribution in [0.15, 0.2) is 71.7 Å². The van der Waals surface area contributed by atoms with Crippen LogP contribution >= 0.6 is 0 Å². The minimum atomic E-state index is -0.224. The van der Waals surface area contributed by atoms with Crippen molar-refractivity contribution in [3.63, 3.8) is 0 Å². The maximum Gasteiger partial charge on any atom is 0.295 e. The van der Waals surface area contributed by atoms with Gasteiger partial charge >= 0.3 is 0 Å². The van der Waals surface area contributed by atoms with Gasteiger partial charge in [-0.1, -0.05) is 48.0 Å². The smallest absolute Gasteiger partial charge is 0.295 e. The highest BCUT2D eigenvalue weighted by Crippen LogP contribution is 2.24. The van der Waals surface area contributed by atoms with Crippen molar-refractivity contribution in [2.24, 2.45) is 5.92 Å². The fraction of sp³-hybridized carbons (Fsp3) is 0.286. The Hall–Kier alpha value is -4.00. The number of carbonyl (C=O) groups is 1. The first-order chi connectivity index (χ1) is 17.0. The molecule has 1 N–H and O–H groups in total. The summed E-state index contributed by atoms with van der Waals surface area (Å²) < 4.78 is 1.69. The Morgan fingerprint density at radius 3 is 2.71 bits per heavy atom. The molecule has 35 heavy (non-hydrogen) atoms. The molecule has 1 saturated heterocycles. The number of carbonyl (C=O) groups excluding carboxylic acids is 1. The molecule has 2 aromatic carbocycles. The molecule has 178 valence electrons. The largest absolute Gasteiger partial charge is 0.351 e. The molecule has 7 heteroatoms. The zero-order chi connectivity index (χ0) is 24.4. The lowest BCUT2D eigenvalue weighted by molar-refractivity contribution is -0.120. The average Bonchev–Trinajstić information content (AvgIpc) is 2.88. The van der Waals surface area contributed by atoms with Crippen LogP contribution in [0, 0.1) is 19.8 Å². The van der Waals surface area contributed by atoms with Crippen LogP contribution in [0.2, 0.25) is 0 Å². The maximum atomic E-state index is 13.6. The van der Waals surface area contributed by atoms with E-state index in [1.54, 1.807) is 10.8 Å². The summed E-state index contributed by atoms with van der Waals surface area (Å²) in [4.78, 5) is 37.9. The van der Waals surface area contributed by atoms with Crippen LogP contribution in [0.1, 0.15) is 29.5 Å². The van der Waals surface area contributed by atoms with E-state index in [0.717, 1.165) is 35.2 Å². The summed E-state index contributed by atoms with van der Waals surface area (Å²) in [6.07, 6.45) is 3.27. The zero-order valence-corrected chi connectivity index (χ0v) is 20.1. The van der Waals surface area contributed by atoms with Crippen molar-refractivity contribution in [1.29, 1.82) is 0 Å². The van der Waals surface area contributed by atoms with Gasteiger partial charge in [0.05, 0.1) is 12.5 Å². The summed E-state index contributed by atoms with van der Waals surface area (Å²) in [6, 6.07) is 19.6. The van der Waals surface area contributed by atoms with Gasteiger partial charge in [-0.25, -0.2) is 9.97 Å². The molecule has 1 aliphatic heterocycles. The zero-order valence-electron chi connectivity index (χ0n) is 20.1. The van der Waals surface area contributed by atoms with E-state index in [9.17, 15) is 9.59 Å². The molecule has 0 saturated carbocycles. The summed E-state index contributed by atoms with van der Waals surface area (Å²) in [5.74, 6) is 0.136. The second-order valence-electron chi connectivity index (χ2n) is 9.25. The number of anilines is 2. The first-order valence-electron chi connectivity index (χ1n) is 12.0. The van der Waals surface area contributed by atoms with Gasteiger partial charge in [-0.3, -0.25) is 14.2 Å². The van der Waals surface area contributed by atoms with Crippen LogP contribution < -0.4 is 15.8 Å². The van der Waals surface area contributed by atoms with Crippen molar-refractivity contribution in [2.45, 2.75) is 33.2 Å². The summed E-state index contributed by atoms with van der Waals surface area (Å²) in [6.45, 7) is 5.59. The molecular weight excluding hydrogens is 438 g/mol. The van der Waals surface area contributed by atoms with Crippen LogP contribution in [0.5, 0.6) is 0 Å². The summed E-state index contributed by atoms with van der Waals surface area (Å²) in [7, 11) is 0. The van der Waals surface area contributed by atoms with Crippen LogP contribution in [-0.4, -0.2) is 33.5 Å². The molecule has 1 fully saturated rings. The van der Waals surface area contributed by atoms with Crippen molar-refractivity contribution in [3.8, 4) is 0 Å². The molecule has 1 amide bonds. The van der Waals surface area contributed by atoms with Crippen molar-refractivity contribution in [1.82, 2.24) is 14.5 Å². The maximum absolute atomic E-state index is 13.6. The van der Waals surface area contributed by atoms with Gasteiger partial charge in [0.15, 0.2) is 11.5 Å². The van der Waals surface area contributed by atoms with Gasteiger partial charge in [0.1, 0.15) is 5.52 Å². The third-order valence-corrected chi connectivity index (χ3v) is 6.60. The number of aryl methyl sites for hydroxylation is 2. The van der Waals surface area contributed by atoms with Gasteiger partial charge in [-0.05, 0) is 56.0 Å². The minimum Gasteiger partial charge on any atom is -0.351 e. The summed E-state index contributed by atoms with van der Waals surface area (Å²) in [5, 5.41) is 3.09. The first-order valence-corrected chi connectivity index (χ1v) is 12.0. The Balaban J connectivity index is 1.44. The number of amides is 1. The SMILES string of the molecule is Cc1ccc(NC(=O)[C@H]2CCCN(c3nc4cccnc4n(Cc4ccccc4)c3=O)C2)c(C)c1. The van der Waals surface area contributed by atoms with Gasteiger partial charge in [0.25, 0.3) is 5.56 Å². The van der Waals surface area contributed by atoms with E-state index in [0.29, 0.717) is 36.6 Å². The molecule has 3 heterocycles. The molecule has 0 bridgehead atoms. The number of hydrogen-bond donors (Lipinski definition) is 1. The number of piperidine rings is 1. The van der Waals surface area contributed by atoms with Gasteiger partial charge in [0, 0.05) is 25.0 Å². The lowest BCUT2D eigenvalue weighted by atomic mass is 9.96. The van der Waals surface area contributed by atoms with Crippen molar-refractivity contribution < 1.29 is 4.79 Å². The van der Waals surface area contributed by atoms with Crippen molar-refractivity contribution in [2.75, 3.05) is 23.3 Å². The third kappa shape index (κ3) is 4.80. The third-order valence-electron chi connectivity index (χ3n) is 6.60. The van der Waals surface area contributed by atoms with Crippen LogP contribution in [0.3, 0.4) is 0 Å². The molecular formula is C28H29N5O2. The van der Waals surface area contributed by atoms with Crippen molar-refractivity contribution >= 4 is 28.6 Å². The normalized spacial score (nSPS) is 15.8. The Bertz CT molecular complexity index is 1430. The molecule has 0 spiro atoms. The fourth-order valence-electron chi connectivity index (χ4n) is 4.75. The topological polar surface area (TPSA) is 80.1 Å². The number of nitrogens with zero attached hydrogens (tertiary/aromatic N) is 4. The highest BCUT2D eigenvalue weighted by atomic mass is 16.2. The summed E-state index contributed by atoms with van der Waals surface area (Å²) >= 11 is 0. The van der Waals surface area contributed by atoms with Gasteiger partial charge in [-0.15, -0.1) is 0 Å². The monoisotopic (exact) mass is 467 g/mol. The van der Waals surface area contributed by atoms with E-state index in [-0.39, 0.29) is 17.4 Å². The molecule has 7 nitrogen and oxygen atoms in total. The fourth-order valence-corrected chi connectivity index (χ4v) is 4.75. The van der Waals surface area contributed by atoms with E-state index in [1.165, 1.54) is 0 Å². The Kier molecular flexibility index (Phi) is 6.31. The quantitative estimate of drug-likeness (QED) is 0.473. The number of benzene rings is 2.